The summed E-state index contributed by atoms with van der Waals surface area (Å²) in [6, 6.07) is 11.0. The zero-order valence-corrected chi connectivity index (χ0v) is 14.8. The molecular formula is C16H14ClN3OS2. The molecule has 0 aliphatic carbocycles. The second-order valence-electron chi connectivity index (χ2n) is 4.75. The Bertz CT molecular complexity index is 815. The van der Waals surface area contributed by atoms with Crippen LogP contribution in [0.5, 0.6) is 0 Å². The van der Waals surface area contributed by atoms with Gasteiger partial charge >= 0.3 is 0 Å². The van der Waals surface area contributed by atoms with E-state index in [-0.39, 0.29) is 5.78 Å². The maximum absolute atomic E-state index is 12.3. The molecule has 3 rings (SSSR count). The van der Waals surface area contributed by atoms with Crippen LogP contribution in [0, 0.1) is 0 Å². The van der Waals surface area contributed by atoms with Crippen LogP contribution in [0.4, 0.5) is 0 Å². The van der Waals surface area contributed by atoms with Crippen LogP contribution in [0.15, 0.2) is 46.9 Å². The molecule has 0 unspecified atom stereocenters. The van der Waals surface area contributed by atoms with E-state index in [2.05, 4.69) is 10.2 Å². The highest BCUT2D eigenvalue weighted by molar-refractivity contribution is 7.99. The van der Waals surface area contributed by atoms with Gasteiger partial charge in [0, 0.05) is 17.1 Å². The summed E-state index contributed by atoms with van der Waals surface area (Å²) < 4.78 is 2.03. The third kappa shape index (κ3) is 3.65. The summed E-state index contributed by atoms with van der Waals surface area (Å²) in [5.74, 6) is 1.18. The number of benzene rings is 1. The van der Waals surface area contributed by atoms with Crippen LogP contribution in [0.25, 0.3) is 10.7 Å². The number of ketones is 1. The lowest BCUT2D eigenvalue weighted by atomic mass is 10.1. The maximum Gasteiger partial charge on any atom is 0.191 e. The minimum atomic E-state index is 0.0285. The fraction of sp³-hybridized carbons (Fsp3) is 0.188. The van der Waals surface area contributed by atoms with Gasteiger partial charge in [-0.15, -0.1) is 21.5 Å². The first kappa shape index (κ1) is 16.2. The van der Waals surface area contributed by atoms with Gasteiger partial charge in [0.2, 0.25) is 0 Å². The van der Waals surface area contributed by atoms with Gasteiger partial charge in [0.1, 0.15) is 0 Å². The number of carbonyl (C=O) groups is 1. The van der Waals surface area contributed by atoms with Gasteiger partial charge in [0.15, 0.2) is 16.8 Å². The van der Waals surface area contributed by atoms with Gasteiger partial charge in [-0.25, -0.2) is 0 Å². The van der Waals surface area contributed by atoms with Gasteiger partial charge in [0.05, 0.1) is 10.6 Å². The molecule has 4 nitrogen and oxygen atoms in total. The zero-order valence-electron chi connectivity index (χ0n) is 12.4. The standard InChI is InChI=1S/C16H14ClN3OS2/c1-2-20-15(14-7-4-8-22-14)18-19-16(20)23-10-13(21)11-5-3-6-12(17)9-11/h3-9H,2,10H2,1H3. The Kier molecular flexibility index (Phi) is 5.15. The monoisotopic (exact) mass is 363 g/mol. The lowest BCUT2D eigenvalue weighted by Gasteiger charge is -2.06. The molecule has 0 saturated heterocycles. The number of thioether (sulfide) groups is 1. The van der Waals surface area contributed by atoms with E-state index in [0.717, 1.165) is 22.4 Å². The molecule has 0 bridgehead atoms. The molecule has 0 N–H and O–H groups in total. The molecular weight excluding hydrogens is 350 g/mol. The SMILES string of the molecule is CCn1c(SCC(=O)c2cccc(Cl)c2)nnc1-c1cccs1. The fourth-order valence-corrected chi connectivity index (χ4v) is 3.95. The molecule has 0 aliphatic rings. The van der Waals surface area contributed by atoms with Gasteiger partial charge < -0.3 is 4.57 Å². The Labute approximate surface area is 147 Å². The van der Waals surface area contributed by atoms with Crippen molar-refractivity contribution in [2.45, 2.75) is 18.6 Å². The van der Waals surface area contributed by atoms with E-state index in [1.807, 2.05) is 29.0 Å². The average molecular weight is 364 g/mol. The highest BCUT2D eigenvalue weighted by atomic mass is 35.5. The Morgan fingerprint density at radius 1 is 1.30 bits per heavy atom. The second kappa shape index (κ2) is 7.29. The van der Waals surface area contributed by atoms with Crippen LogP contribution in [-0.4, -0.2) is 26.3 Å². The van der Waals surface area contributed by atoms with Crippen LogP contribution >= 0.6 is 34.7 Å². The summed E-state index contributed by atoms with van der Waals surface area (Å²) in [5.41, 5.74) is 0.617. The van der Waals surface area contributed by atoms with Crippen molar-refractivity contribution in [2.24, 2.45) is 0 Å². The van der Waals surface area contributed by atoms with Gasteiger partial charge in [-0.2, -0.15) is 0 Å². The normalized spacial score (nSPS) is 10.9. The van der Waals surface area contributed by atoms with Crippen molar-refractivity contribution < 1.29 is 4.79 Å². The van der Waals surface area contributed by atoms with Crippen molar-refractivity contribution in [3.05, 3.63) is 52.4 Å². The van der Waals surface area contributed by atoms with Crippen molar-refractivity contribution in [1.29, 1.82) is 0 Å². The number of nitrogens with zero attached hydrogens (tertiary/aromatic N) is 3. The molecule has 23 heavy (non-hydrogen) atoms. The third-order valence-electron chi connectivity index (χ3n) is 3.25. The Balaban J connectivity index is 1.75. The van der Waals surface area contributed by atoms with Gasteiger partial charge in [-0.1, -0.05) is 41.6 Å². The largest absolute Gasteiger partial charge is 0.302 e. The van der Waals surface area contributed by atoms with E-state index in [4.69, 9.17) is 11.6 Å². The summed E-state index contributed by atoms with van der Waals surface area (Å²) in [6.45, 7) is 2.80. The molecule has 118 valence electrons. The highest BCUT2D eigenvalue weighted by Crippen LogP contribution is 2.27. The molecule has 0 radical (unpaired) electrons. The maximum atomic E-state index is 12.3. The minimum Gasteiger partial charge on any atom is -0.302 e. The summed E-state index contributed by atoms with van der Waals surface area (Å²) in [7, 11) is 0. The molecule has 0 aliphatic heterocycles. The molecule has 0 fully saturated rings. The summed E-state index contributed by atoms with van der Waals surface area (Å²) in [6.07, 6.45) is 0. The van der Waals surface area contributed by atoms with Crippen LogP contribution < -0.4 is 0 Å². The fourth-order valence-electron chi connectivity index (χ4n) is 2.14. The minimum absolute atomic E-state index is 0.0285. The van der Waals surface area contributed by atoms with Gasteiger partial charge in [0.25, 0.3) is 0 Å². The molecule has 1 aromatic carbocycles. The molecule has 0 amide bonds. The lowest BCUT2D eigenvalue weighted by Crippen LogP contribution is -2.05. The zero-order chi connectivity index (χ0) is 16.2. The molecule has 0 atom stereocenters. The van der Waals surface area contributed by atoms with Crippen LogP contribution in [-0.2, 0) is 6.54 Å². The number of hydrogen-bond donors (Lipinski definition) is 0. The van der Waals surface area contributed by atoms with Crippen molar-refractivity contribution in [1.82, 2.24) is 14.8 Å². The van der Waals surface area contributed by atoms with Crippen LogP contribution in [0.2, 0.25) is 5.02 Å². The smallest absolute Gasteiger partial charge is 0.191 e. The van der Waals surface area contributed by atoms with E-state index in [0.29, 0.717) is 16.3 Å². The highest BCUT2D eigenvalue weighted by Gasteiger charge is 2.15. The summed E-state index contributed by atoms with van der Waals surface area (Å²) in [5, 5.41) is 11.8. The number of carbonyl (C=O) groups excluding carboxylic acids is 1. The Morgan fingerprint density at radius 3 is 2.87 bits per heavy atom. The molecule has 2 heterocycles. The van der Waals surface area contributed by atoms with E-state index in [9.17, 15) is 4.79 Å². The summed E-state index contributed by atoms with van der Waals surface area (Å²) in [4.78, 5) is 13.3. The topological polar surface area (TPSA) is 47.8 Å². The van der Waals surface area contributed by atoms with E-state index >= 15 is 0 Å². The number of halogens is 1. The molecule has 0 spiro atoms. The first-order valence-corrected chi connectivity index (χ1v) is 9.32. The van der Waals surface area contributed by atoms with Crippen molar-refractivity contribution in [3.8, 4) is 10.7 Å². The first-order valence-electron chi connectivity index (χ1n) is 7.07. The van der Waals surface area contributed by atoms with Crippen LogP contribution in [0.3, 0.4) is 0 Å². The van der Waals surface area contributed by atoms with Crippen molar-refractivity contribution in [2.75, 3.05) is 5.75 Å². The average Bonchev–Trinajstić information content (AvgIpc) is 3.21. The Hall–Kier alpha value is -1.63. The predicted octanol–water partition coefficient (Wildman–Crippen LogP) is 4.65. The number of thiophene rings is 1. The van der Waals surface area contributed by atoms with Crippen LogP contribution in [0.1, 0.15) is 17.3 Å². The number of rotatable bonds is 6. The molecule has 3 aromatic rings. The van der Waals surface area contributed by atoms with E-state index < -0.39 is 0 Å². The Morgan fingerprint density at radius 2 is 2.17 bits per heavy atom. The number of hydrogen-bond acceptors (Lipinski definition) is 5. The van der Waals surface area contributed by atoms with E-state index in [1.54, 1.807) is 35.6 Å². The van der Waals surface area contributed by atoms with Crippen molar-refractivity contribution >= 4 is 40.5 Å². The number of aromatic nitrogens is 3. The van der Waals surface area contributed by atoms with Gasteiger partial charge in [-0.05, 0) is 30.5 Å². The number of Topliss-reactive ketones (excluding diaryl/α,β-unsaturated/α-hetero) is 1. The molecule has 2 aromatic heterocycles. The summed E-state index contributed by atoms with van der Waals surface area (Å²) >= 11 is 8.96. The third-order valence-corrected chi connectivity index (χ3v) is 5.32. The second-order valence-corrected chi connectivity index (χ2v) is 7.08. The van der Waals surface area contributed by atoms with E-state index in [1.165, 1.54) is 11.8 Å². The first-order chi connectivity index (χ1) is 11.2. The molecule has 7 heteroatoms. The lowest BCUT2D eigenvalue weighted by molar-refractivity contribution is 0.102. The van der Waals surface area contributed by atoms with Crippen molar-refractivity contribution in [3.63, 3.8) is 0 Å². The van der Waals surface area contributed by atoms with Gasteiger partial charge in [-0.3, -0.25) is 4.79 Å². The molecule has 0 saturated carbocycles. The quantitative estimate of drug-likeness (QED) is 0.472. The predicted molar refractivity (Wildman–Crippen MR) is 95.5 cm³/mol.